The van der Waals surface area contributed by atoms with Crippen molar-refractivity contribution in [3.63, 3.8) is 0 Å². The second-order valence-electron chi connectivity index (χ2n) is 10.0. The lowest BCUT2D eigenvalue weighted by Gasteiger charge is -2.29. The lowest BCUT2D eigenvalue weighted by molar-refractivity contribution is -0.394. The quantitative estimate of drug-likeness (QED) is 0.205. The van der Waals surface area contributed by atoms with Crippen LogP contribution in [0.1, 0.15) is 60.6 Å². The Bertz CT molecular complexity index is 1530. The van der Waals surface area contributed by atoms with Crippen molar-refractivity contribution in [3.8, 4) is 11.5 Å². The summed E-state index contributed by atoms with van der Waals surface area (Å²) in [6.45, 7) is 4.90. The van der Waals surface area contributed by atoms with Gasteiger partial charge in [0.2, 0.25) is 0 Å². The molecule has 1 amide bonds. The van der Waals surface area contributed by atoms with Crippen molar-refractivity contribution in [2.75, 3.05) is 13.2 Å². The third-order valence-electron chi connectivity index (χ3n) is 7.35. The SMILES string of the molecule is CCOc1ccc(/C=C2\CCC[C@@H]3C2=NN(C(=O)c2cc([N+](=O)[O-])cc([N+](=O)[O-])c2)[C@@H]3c2ccc(OCC)cc2)cc1. The van der Waals surface area contributed by atoms with Crippen LogP contribution in [0.3, 0.4) is 0 Å². The second-order valence-corrected chi connectivity index (χ2v) is 10.0. The molecule has 0 N–H and O–H groups in total. The molecular weight excluding hydrogens is 540 g/mol. The van der Waals surface area contributed by atoms with Crippen LogP contribution in [0, 0.1) is 26.1 Å². The molecule has 11 heteroatoms. The van der Waals surface area contributed by atoms with Gasteiger partial charge >= 0.3 is 0 Å². The minimum absolute atomic E-state index is 0.136. The number of hydrogen-bond donors (Lipinski definition) is 0. The molecule has 0 saturated heterocycles. The highest BCUT2D eigenvalue weighted by molar-refractivity contribution is 6.09. The molecule has 1 heterocycles. The third-order valence-corrected chi connectivity index (χ3v) is 7.35. The Balaban J connectivity index is 1.58. The van der Waals surface area contributed by atoms with Crippen molar-refractivity contribution in [3.05, 3.63) is 109 Å². The fourth-order valence-electron chi connectivity index (χ4n) is 5.52. The molecule has 1 aliphatic heterocycles. The van der Waals surface area contributed by atoms with Crippen molar-refractivity contribution in [1.82, 2.24) is 5.01 Å². The molecule has 0 radical (unpaired) electrons. The molecule has 0 aromatic heterocycles. The van der Waals surface area contributed by atoms with Gasteiger partial charge in [-0.2, -0.15) is 5.10 Å². The van der Waals surface area contributed by atoms with Crippen molar-refractivity contribution in [1.29, 1.82) is 0 Å². The smallest absolute Gasteiger partial charge is 0.277 e. The van der Waals surface area contributed by atoms with Gasteiger partial charge in [0.25, 0.3) is 17.3 Å². The van der Waals surface area contributed by atoms with E-state index in [9.17, 15) is 25.0 Å². The van der Waals surface area contributed by atoms with Gasteiger partial charge in [-0.15, -0.1) is 0 Å². The van der Waals surface area contributed by atoms with Gasteiger partial charge in [0.1, 0.15) is 11.5 Å². The van der Waals surface area contributed by atoms with Crippen LogP contribution in [0.2, 0.25) is 0 Å². The van der Waals surface area contributed by atoms with E-state index in [2.05, 4.69) is 6.08 Å². The van der Waals surface area contributed by atoms with E-state index >= 15 is 0 Å². The number of benzene rings is 3. The summed E-state index contributed by atoms with van der Waals surface area (Å²) in [7, 11) is 0. The molecule has 3 aromatic rings. The molecule has 3 aromatic carbocycles. The molecule has 0 spiro atoms. The van der Waals surface area contributed by atoms with E-state index in [0.29, 0.717) is 19.0 Å². The second kappa shape index (κ2) is 12.2. The van der Waals surface area contributed by atoms with E-state index in [1.165, 1.54) is 5.01 Å². The van der Waals surface area contributed by atoms with Crippen LogP contribution >= 0.6 is 0 Å². The van der Waals surface area contributed by atoms with E-state index in [-0.39, 0.29) is 11.5 Å². The number of allylic oxidation sites excluding steroid dienone is 1. The maximum Gasteiger partial charge on any atom is 0.277 e. The first kappa shape index (κ1) is 28.5. The number of fused-ring (bicyclic) bond motifs is 1. The molecular formula is C31H30N4O7. The Hall–Kier alpha value is -5.06. The van der Waals surface area contributed by atoms with Crippen molar-refractivity contribution in [2.45, 2.75) is 39.2 Å². The van der Waals surface area contributed by atoms with Crippen LogP contribution in [-0.2, 0) is 0 Å². The highest BCUT2D eigenvalue weighted by Gasteiger charge is 2.44. The van der Waals surface area contributed by atoms with E-state index in [1.54, 1.807) is 0 Å². The topological polar surface area (TPSA) is 137 Å². The lowest BCUT2D eigenvalue weighted by atomic mass is 9.77. The zero-order valence-electron chi connectivity index (χ0n) is 23.3. The minimum atomic E-state index is -0.749. The largest absolute Gasteiger partial charge is 0.494 e. The predicted octanol–water partition coefficient (Wildman–Crippen LogP) is 6.74. The summed E-state index contributed by atoms with van der Waals surface area (Å²) < 4.78 is 11.2. The first-order valence-electron chi connectivity index (χ1n) is 13.8. The molecule has 42 heavy (non-hydrogen) atoms. The maximum atomic E-state index is 14.0. The normalized spacial score (nSPS) is 18.8. The number of nitro groups is 2. The molecule has 2 aliphatic rings. The molecule has 5 rings (SSSR count). The van der Waals surface area contributed by atoms with Crippen LogP contribution in [0.25, 0.3) is 6.08 Å². The Morgan fingerprint density at radius 2 is 1.50 bits per heavy atom. The average molecular weight is 571 g/mol. The zero-order chi connectivity index (χ0) is 29.8. The summed E-state index contributed by atoms with van der Waals surface area (Å²) in [6, 6.07) is 17.6. The monoisotopic (exact) mass is 570 g/mol. The van der Waals surface area contributed by atoms with Gasteiger partial charge in [0, 0.05) is 18.1 Å². The summed E-state index contributed by atoms with van der Waals surface area (Å²) in [4.78, 5) is 35.5. The first-order chi connectivity index (χ1) is 20.3. The van der Waals surface area contributed by atoms with Crippen molar-refractivity contribution in [2.24, 2.45) is 11.0 Å². The number of hydrazone groups is 1. The summed E-state index contributed by atoms with van der Waals surface area (Å²) in [5.41, 5.74) is 2.29. The standard InChI is InChI=1S/C31H30N4O7/c1-3-41-26-12-8-20(9-13-26)16-22-6-5-7-28-29(22)32-33(30(28)21-10-14-27(15-11-21)42-4-2)31(36)23-17-24(34(37)38)19-25(18-23)35(39)40/h8-19,28,30H,3-7H2,1-2H3/b22-16+/t28-,30-/m1/s1. The Labute approximate surface area is 242 Å². The molecule has 1 fully saturated rings. The minimum Gasteiger partial charge on any atom is -0.494 e. The number of carbonyl (C=O) groups is 1. The lowest BCUT2D eigenvalue weighted by Crippen LogP contribution is -2.32. The van der Waals surface area contributed by atoms with E-state index in [1.807, 2.05) is 62.4 Å². The van der Waals surface area contributed by atoms with Gasteiger partial charge in [0.15, 0.2) is 0 Å². The van der Waals surface area contributed by atoms with Crippen LogP contribution in [0.15, 0.2) is 77.4 Å². The molecule has 0 unspecified atom stereocenters. The van der Waals surface area contributed by atoms with Crippen LogP contribution in [-0.4, -0.2) is 39.7 Å². The van der Waals surface area contributed by atoms with Crippen LogP contribution in [0.5, 0.6) is 11.5 Å². The first-order valence-corrected chi connectivity index (χ1v) is 13.8. The third kappa shape index (κ3) is 5.85. The number of hydrogen-bond acceptors (Lipinski definition) is 8. The fourth-order valence-corrected chi connectivity index (χ4v) is 5.52. The van der Waals surface area contributed by atoms with Crippen LogP contribution in [0.4, 0.5) is 11.4 Å². The van der Waals surface area contributed by atoms with Crippen molar-refractivity contribution < 1.29 is 24.1 Å². The number of rotatable bonds is 9. The number of carbonyl (C=O) groups excluding carboxylic acids is 1. The van der Waals surface area contributed by atoms with Gasteiger partial charge < -0.3 is 9.47 Å². The van der Waals surface area contributed by atoms with Crippen molar-refractivity contribution >= 4 is 29.1 Å². The predicted molar refractivity (Wildman–Crippen MR) is 157 cm³/mol. The Morgan fingerprint density at radius 3 is 2.05 bits per heavy atom. The van der Waals surface area contributed by atoms with Gasteiger partial charge in [-0.25, -0.2) is 5.01 Å². The van der Waals surface area contributed by atoms with Crippen LogP contribution < -0.4 is 9.47 Å². The molecule has 1 aliphatic carbocycles. The van der Waals surface area contributed by atoms with E-state index in [4.69, 9.17) is 14.6 Å². The van der Waals surface area contributed by atoms with Gasteiger partial charge in [-0.05, 0) is 80.2 Å². The fraction of sp³-hybridized carbons (Fsp3) is 0.290. The Morgan fingerprint density at radius 1 is 0.929 bits per heavy atom. The Kier molecular flexibility index (Phi) is 8.28. The van der Waals surface area contributed by atoms with E-state index in [0.717, 1.165) is 65.6 Å². The maximum absolute atomic E-state index is 14.0. The van der Waals surface area contributed by atoms with Gasteiger partial charge in [0.05, 0.1) is 46.4 Å². The molecule has 2 atom stereocenters. The number of nitrogens with zero attached hydrogens (tertiary/aromatic N) is 4. The summed E-state index contributed by atoms with van der Waals surface area (Å²) in [5, 5.41) is 29.2. The summed E-state index contributed by atoms with van der Waals surface area (Å²) >= 11 is 0. The highest BCUT2D eigenvalue weighted by atomic mass is 16.6. The summed E-state index contributed by atoms with van der Waals surface area (Å²) in [5.74, 6) is 0.677. The zero-order valence-corrected chi connectivity index (χ0v) is 23.3. The van der Waals surface area contributed by atoms with Gasteiger partial charge in [-0.1, -0.05) is 24.3 Å². The number of nitro benzene ring substituents is 2. The average Bonchev–Trinajstić information content (AvgIpc) is 3.39. The molecule has 216 valence electrons. The molecule has 11 nitrogen and oxygen atoms in total. The summed E-state index contributed by atoms with van der Waals surface area (Å²) in [6.07, 6.45) is 4.48. The number of ether oxygens (including phenoxy) is 2. The highest BCUT2D eigenvalue weighted by Crippen LogP contribution is 2.45. The number of non-ortho nitro benzene ring substituents is 2. The molecule has 0 bridgehead atoms. The van der Waals surface area contributed by atoms with Gasteiger partial charge in [-0.3, -0.25) is 25.0 Å². The van der Waals surface area contributed by atoms with E-state index < -0.39 is 33.2 Å². The number of amides is 1. The molecule has 1 saturated carbocycles.